The topological polar surface area (TPSA) is 73.9 Å². The number of hydrogen-bond donors (Lipinski definition) is 1. The third-order valence-corrected chi connectivity index (χ3v) is 3.35. The van der Waals surface area contributed by atoms with Gasteiger partial charge in [-0.25, -0.2) is 9.18 Å². The molecular formula is C18H18FNO5. The summed E-state index contributed by atoms with van der Waals surface area (Å²) in [6.45, 7) is 1.44. The third kappa shape index (κ3) is 4.94. The zero-order valence-corrected chi connectivity index (χ0v) is 14.0. The van der Waals surface area contributed by atoms with Gasteiger partial charge in [-0.1, -0.05) is 0 Å². The van der Waals surface area contributed by atoms with E-state index in [0.717, 1.165) is 0 Å². The smallest absolute Gasteiger partial charge is 0.339 e. The molecule has 0 unspecified atom stereocenters. The summed E-state index contributed by atoms with van der Waals surface area (Å²) in [7, 11) is 2.92. The van der Waals surface area contributed by atoms with E-state index in [4.69, 9.17) is 14.2 Å². The van der Waals surface area contributed by atoms with Crippen molar-refractivity contribution in [3.8, 4) is 11.5 Å². The number of rotatable bonds is 6. The zero-order valence-electron chi connectivity index (χ0n) is 14.0. The normalized spacial score (nSPS) is 11.4. The lowest BCUT2D eigenvalue weighted by molar-refractivity contribution is -0.123. The fourth-order valence-electron chi connectivity index (χ4n) is 1.98. The Bertz CT molecular complexity index is 738. The maximum atomic E-state index is 12.9. The van der Waals surface area contributed by atoms with Crippen LogP contribution in [0.1, 0.15) is 17.3 Å². The van der Waals surface area contributed by atoms with Gasteiger partial charge in [0.2, 0.25) is 0 Å². The lowest BCUT2D eigenvalue weighted by atomic mass is 10.2. The number of amides is 1. The van der Waals surface area contributed by atoms with Crippen LogP contribution >= 0.6 is 0 Å². The highest BCUT2D eigenvalue weighted by atomic mass is 19.1. The number of hydrogen-bond acceptors (Lipinski definition) is 5. The number of ether oxygens (including phenoxy) is 3. The Labute approximate surface area is 144 Å². The molecule has 132 valence electrons. The summed E-state index contributed by atoms with van der Waals surface area (Å²) in [4.78, 5) is 24.3. The summed E-state index contributed by atoms with van der Waals surface area (Å²) >= 11 is 0. The molecule has 0 saturated carbocycles. The molecular weight excluding hydrogens is 329 g/mol. The Morgan fingerprint density at radius 3 is 2.08 bits per heavy atom. The van der Waals surface area contributed by atoms with Gasteiger partial charge >= 0.3 is 5.97 Å². The summed E-state index contributed by atoms with van der Waals surface area (Å²) in [6.07, 6.45) is -1.05. The second kappa shape index (κ2) is 8.14. The van der Waals surface area contributed by atoms with Crippen molar-refractivity contribution in [2.45, 2.75) is 13.0 Å². The van der Waals surface area contributed by atoms with Crippen LogP contribution in [-0.4, -0.2) is 32.2 Å². The Kier molecular flexibility index (Phi) is 5.94. The van der Waals surface area contributed by atoms with E-state index in [0.29, 0.717) is 17.2 Å². The predicted octanol–water partition coefficient (Wildman–Crippen LogP) is 3.03. The number of carbonyl (C=O) groups is 2. The quantitative estimate of drug-likeness (QED) is 0.813. The maximum absolute atomic E-state index is 12.9. The molecule has 6 nitrogen and oxygen atoms in total. The van der Waals surface area contributed by atoms with Crippen molar-refractivity contribution < 1.29 is 28.2 Å². The first-order valence-electron chi connectivity index (χ1n) is 7.43. The largest absolute Gasteiger partial charge is 0.497 e. The van der Waals surface area contributed by atoms with Gasteiger partial charge in [0.15, 0.2) is 6.10 Å². The van der Waals surface area contributed by atoms with Crippen molar-refractivity contribution in [1.82, 2.24) is 0 Å². The third-order valence-electron chi connectivity index (χ3n) is 3.35. The number of halogens is 1. The maximum Gasteiger partial charge on any atom is 0.339 e. The highest BCUT2D eigenvalue weighted by Gasteiger charge is 2.20. The van der Waals surface area contributed by atoms with E-state index >= 15 is 0 Å². The van der Waals surface area contributed by atoms with E-state index in [1.807, 2.05) is 0 Å². The molecule has 0 fully saturated rings. The van der Waals surface area contributed by atoms with Crippen molar-refractivity contribution in [2.24, 2.45) is 0 Å². The van der Waals surface area contributed by atoms with Gasteiger partial charge in [0, 0.05) is 11.8 Å². The van der Waals surface area contributed by atoms with Crippen LogP contribution in [-0.2, 0) is 9.53 Å². The molecule has 0 spiro atoms. The minimum atomic E-state index is -1.05. The second-order valence-corrected chi connectivity index (χ2v) is 5.15. The number of methoxy groups -OCH3 is 2. The Balaban J connectivity index is 2.03. The fourth-order valence-corrected chi connectivity index (χ4v) is 1.98. The fraction of sp³-hybridized carbons (Fsp3) is 0.222. The number of benzene rings is 2. The van der Waals surface area contributed by atoms with Crippen molar-refractivity contribution in [3.05, 3.63) is 53.8 Å². The van der Waals surface area contributed by atoms with Gasteiger partial charge in [-0.05, 0) is 43.3 Å². The van der Waals surface area contributed by atoms with Gasteiger partial charge in [0.05, 0.1) is 19.8 Å². The molecule has 0 bridgehead atoms. The van der Waals surface area contributed by atoms with E-state index in [9.17, 15) is 14.0 Å². The molecule has 1 amide bonds. The molecule has 0 aliphatic rings. The first-order valence-corrected chi connectivity index (χ1v) is 7.43. The van der Waals surface area contributed by atoms with Crippen LogP contribution in [0.4, 0.5) is 10.1 Å². The van der Waals surface area contributed by atoms with Crippen LogP contribution in [0, 0.1) is 5.82 Å². The minimum Gasteiger partial charge on any atom is -0.497 e. The summed E-state index contributed by atoms with van der Waals surface area (Å²) < 4.78 is 28.2. The molecule has 7 heteroatoms. The second-order valence-electron chi connectivity index (χ2n) is 5.15. The van der Waals surface area contributed by atoms with E-state index in [1.165, 1.54) is 57.5 Å². The molecule has 0 aliphatic heterocycles. The molecule has 0 aliphatic carbocycles. The van der Waals surface area contributed by atoms with Crippen LogP contribution in [0.3, 0.4) is 0 Å². The first-order chi connectivity index (χ1) is 11.9. The van der Waals surface area contributed by atoms with Gasteiger partial charge in [-0.3, -0.25) is 4.79 Å². The van der Waals surface area contributed by atoms with Crippen LogP contribution in [0.5, 0.6) is 11.5 Å². The van der Waals surface area contributed by atoms with Gasteiger partial charge in [0.25, 0.3) is 5.91 Å². The van der Waals surface area contributed by atoms with E-state index in [1.54, 1.807) is 6.07 Å². The van der Waals surface area contributed by atoms with Crippen LogP contribution in [0.2, 0.25) is 0 Å². The highest BCUT2D eigenvalue weighted by molar-refractivity contribution is 5.97. The van der Waals surface area contributed by atoms with Crippen LogP contribution in [0.25, 0.3) is 0 Å². The Hall–Kier alpha value is -3.09. The predicted molar refractivity (Wildman–Crippen MR) is 89.5 cm³/mol. The lowest BCUT2D eigenvalue weighted by Crippen LogP contribution is -2.30. The molecule has 2 aromatic rings. The molecule has 0 aromatic heterocycles. The average Bonchev–Trinajstić information content (AvgIpc) is 2.62. The van der Waals surface area contributed by atoms with Gasteiger partial charge in [-0.15, -0.1) is 0 Å². The Morgan fingerprint density at radius 2 is 1.56 bits per heavy atom. The highest BCUT2D eigenvalue weighted by Crippen LogP contribution is 2.23. The molecule has 2 aromatic carbocycles. The molecule has 25 heavy (non-hydrogen) atoms. The van der Waals surface area contributed by atoms with Gasteiger partial charge < -0.3 is 19.5 Å². The molecule has 0 saturated heterocycles. The molecule has 2 rings (SSSR count). The monoisotopic (exact) mass is 347 g/mol. The molecule has 0 radical (unpaired) electrons. The van der Waals surface area contributed by atoms with Gasteiger partial charge in [0.1, 0.15) is 17.3 Å². The molecule has 1 atom stereocenters. The van der Waals surface area contributed by atoms with Crippen molar-refractivity contribution >= 4 is 17.6 Å². The minimum absolute atomic E-state index is 0.192. The standard InChI is InChI=1S/C18H18FNO5/c1-11(17(21)20-14-6-4-13(19)5-7-14)25-18(22)12-8-15(23-2)10-16(9-12)24-3/h4-11H,1-3H3,(H,20,21)/t11-/m0/s1. The molecule has 1 N–H and O–H groups in total. The van der Waals surface area contributed by atoms with Crippen molar-refractivity contribution in [2.75, 3.05) is 19.5 Å². The average molecular weight is 347 g/mol. The van der Waals surface area contributed by atoms with E-state index in [-0.39, 0.29) is 5.56 Å². The summed E-state index contributed by atoms with van der Waals surface area (Å²) in [5.74, 6) is -0.789. The van der Waals surface area contributed by atoms with E-state index < -0.39 is 23.8 Å². The van der Waals surface area contributed by atoms with Crippen LogP contribution in [0.15, 0.2) is 42.5 Å². The number of anilines is 1. The summed E-state index contributed by atoms with van der Waals surface area (Å²) in [5, 5.41) is 2.54. The van der Waals surface area contributed by atoms with Crippen molar-refractivity contribution in [1.29, 1.82) is 0 Å². The Morgan fingerprint density at radius 1 is 1.00 bits per heavy atom. The molecule has 0 heterocycles. The number of carbonyl (C=O) groups excluding carboxylic acids is 2. The summed E-state index contributed by atoms with van der Waals surface area (Å²) in [6, 6.07) is 9.83. The number of nitrogens with one attached hydrogen (secondary N) is 1. The van der Waals surface area contributed by atoms with Crippen molar-refractivity contribution in [3.63, 3.8) is 0 Å². The van der Waals surface area contributed by atoms with Crippen LogP contribution < -0.4 is 14.8 Å². The SMILES string of the molecule is COc1cc(OC)cc(C(=O)O[C@@H](C)C(=O)Nc2ccc(F)cc2)c1. The first kappa shape index (κ1) is 18.3. The zero-order chi connectivity index (χ0) is 18.4. The summed E-state index contributed by atoms with van der Waals surface area (Å²) in [5.41, 5.74) is 0.593. The van der Waals surface area contributed by atoms with Gasteiger partial charge in [-0.2, -0.15) is 0 Å². The number of esters is 1. The van der Waals surface area contributed by atoms with E-state index in [2.05, 4.69) is 5.32 Å². The lowest BCUT2D eigenvalue weighted by Gasteiger charge is -2.14.